The maximum absolute atomic E-state index is 13.4. The van der Waals surface area contributed by atoms with Crippen LogP contribution in [0, 0.1) is 11.6 Å². The Balaban J connectivity index is 1.15. The number of piperidine rings is 1. The van der Waals surface area contributed by atoms with Gasteiger partial charge in [0.2, 0.25) is 0 Å². The van der Waals surface area contributed by atoms with Crippen molar-refractivity contribution in [3.63, 3.8) is 0 Å². The van der Waals surface area contributed by atoms with Gasteiger partial charge in [-0.1, -0.05) is 35.9 Å². The minimum absolute atomic E-state index is 0.0810. The Kier molecular flexibility index (Phi) is 7.51. The Morgan fingerprint density at radius 1 is 0.944 bits per heavy atom. The number of nitrogens with zero attached hydrogens (tertiary/aromatic N) is 2. The topological polar surface area (TPSA) is 53.1 Å². The van der Waals surface area contributed by atoms with Gasteiger partial charge in [-0.25, -0.2) is 13.6 Å². The first kappa shape index (κ1) is 24.7. The molecule has 8 heteroatoms. The fraction of sp³-hybridized carbons (Fsp3) is 0.321. The fourth-order valence-electron chi connectivity index (χ4n) is 5.15. The van der Waals surface area contributed by atoms with Crippen LogP contribution in [-0.2, 0) is 0 Å². The van der Waals surface area contributed by atoms with Crippen LogP contribution in [0.1, 0.15) is 42.5 Å². The van der Waals surface area contributed by atoms with Crippen molar-refractivity contribution >= 4 is 22.6 Å². The first-order chi connectivity index (χ1) is 17.5. The van der Waals surface area contributed by atoms with Crippen molar-refractivity contribution in [3.8, 4) is 0 Å². The highest BCUT2D eigenvalue weighted by atomic mass is 35.5. The molecule has 5 nitrogen and oxygen atoms in total. The summed E-state index contributed by atoms with van der Waals surface area (Å²) in [6.07, 6.45) is 2.77. The van der Waals surface area contributed by atoms with E-state index in [4.69, 9.17) is 11.6 Å². The Morgan fingerprint density at radius 3 is 2.17 bits per heavy atom. The van der Waals surface area contributed by atoms with E-state index in [0.29, 0.717) is 5.02 Å². The van der Waals surface area contributed by atoms with E-state index in [1.54, 1.807) is 30.3 Å². The predicted molar refractivity (Wildman–Crippen MR) is 140 cm³/mol. The zero-order valence-electron chi connectivity index (χ0n) is 19.9. The summed E-state index contributed by atoms with van der Waals surface area (Å²) in [5, 5.41) is 4.17. The molecule has 1 aromatic heterocycles. The minimum atomic E-state index is -0.279. The van der Waals surface area contributed by atoms with E-state index >= 15 is 0 Å². The Labute approximate surface area is 213 Å². The number of fused-ring (bicyclic) bond motifs is 1. The van der Waals surface area contributed by atoms with E-state index in [9.17, 15) is 13.6 Å². The zero-order chi connectivity index (χ0) is 25.1. The van der Waals surface area contributed by atoms with Gasteiger partial charge in [0, 0.05) is 24.2 Å². The number of imidazole rings is 1. The molecule has 1 saturated heterocycles. The number of H-pyrrole nitrogens is 1. The highest BCUT2D eigenvalue weighted by Crippen LogP contribution is 2.27. The summed E-state index contributed by atoms with van der Waals surface area (Å²) in [6, 6.07) is 18.4. The number of aromatic amines is 1. The quantitative estimate of drug-likeness (QED) is 0.300. The molecule has 4 aromatic rings. The number of aromatic nitrogens is 2. The monoisotopic (exact) mass is 510 g/mol. The van der Waals surface area contributed by atoms with E-state index < -0.39 is 0 Å². The van der Waals surface area contributed by atoms with Gasteiger partial charge in [0.05, 0.1) is 17.1 Å². The van der Waals surface area contributed by atoms with Gasteiger partial charge < -0.3 is 15.2 Å². The molecule has 0 saturated carbocycles. The number of nitrogens with one attached hydrogen (secondary N) is 2. The van der Waals surface area contributed by atoms with Crippen LogP contribution in [0.25, 0.3) is 11.0 Å². The largest absolute Gasteiger partial charge is 0.326 e. The average Bonchev–Trinajstić information content (AvgIpc) is 3.20. The molecule has 0 spiro atoms. The number of rotatable bonds is 8. The van der Waals surface area contributed by atoms with Crippen LogP contribution in [0.3, 0.4) is 0 Å². The standard InChI is InChI=1S/C28H29ClF2N4O/c29-21-6-11-26-25(18-21)33-28(36)35(26)24-12-16-34(17-13-24)15-1-14-32-27(19-2-7-22(30)8-3-19)20-4-9-23(31)10-5-20/h2-11,18,24,27,32H,1,12-17H2,(H,33,36). The molecule has 0 amide bonds. The molecule has 0 aliphatic carbocycles. The van der Waals surface area contributed by atoms with Crippen LogP contribution in [0.2, 0.25) is 5.02 Å². The van der Waals surface area contributed by atoms with E-state index in [2.05, 4.69) is 15.2 Å². The lowest BCUT2D eigenvalue weighted by molar-refractivity contribution is 0.184. The maximum atomic E-state index is 13.4. The summed E-state index contributed by atoms with van der Waals surface area (Å²) in [6.45, 7) is 3.56. The summed E-state index contributed by atoms with van der Waals surface area (Å²) in [5.41, 5.74) is 3.48. The lowest BCUT2D eigenvalue weighted by Gasteiger charge is -2.32. The Bertz CT molecular complexity index is 1310. The molecule has 36 heavy (non-hydrogen) atoms. The molecular formula is C28H29ClF2N4O. The van der Waals surface area contributed by atoms with Crippen LogP contribution in [0.5, 0.6) is 0 Å². The molecule has 2 N–H and O–H groups in total. The van der Waals surface area contributed by atoms with Gasteiger partial charge in [0.1, 0.15) is 11.6 Å². The first-order valence-corrected chi connectivity index (χ1v) is 12.7. The highest BCUT2D eigenvalue weighted by Gasteiger charge is 2.23. The third-order valence-electron chi connectivity index (χ3n) is 7.01. The third kappa shape index (κ3) is 5.53. The van der Waals surface area contributed by atoms with Gasteiger partial charge >= 0.3 is 5.69 Å². The predicted octanol–water partition coefficient (Wildman–Crippen LogP) is 5.67. The van der Waals surface area contributed by atoms with Crippen molar-refractivity contribution in [1.82, 2.24) is 19.8 Å². The maximum Gasteiger partial charge on any atom is 0.326 e. The van der Waals surface area contributed by atoms with Crippen molar-refractivity contribution in [2.75, 3.05) is 26.2 Å². The van der Waals surface area contributed by atoms with Crippen molar-refractivity contribution in [2.45, 2.75) is 31.3 Å². The number of hydrogen-bond donors (Lipinski definition) is 2. The molecule has 1 aliphatic rings. The van der Waals surface area contributed by atoms with Gasteiger partial charge in [0.15, 0.2) is 0 Å². The summed E-state index contributed by atoms with van der Waals surface area (Å²) in [5.74, 6) is -0.558. The SMILES string of the molecule is O=c1[nH]c2cc(Cl)ccc2n1C1CCN(CCCNC(c2ccc(F)cc2)c2ccc(F)cc2)CC1. The molecule has 1 aliphatic heterocycles. The highest BCUT2D eigenvalue weighted by molar-refractivity contribution is 6.31. The summed E-state index contributed by atoms with van der Waals surface area (Å²) in [4.78, 5) is 17.9. The second-order valence-corrected chi connectivity index (χ2v) is 9.81. The van der Waals surface area contributed by atoms with Crippen LogP contribution < -0.4 is 11.0 Å². The van der Waals surface area contributed by atoms with Crippen LogP contribution in [0.15, 0.2) is 71.5 Å². The van der Waals surface area contributed by atoms with E-state index in [0.717, 1.165) is 67.6 Å². The zero-order valence-corrected chi connectivity index (χ0v) is 20.6. The number of halogens is 3. The smallest absolute Gasteiger partial charge is 0.306 e. The van der Waals surface area contributed by atoms with Crippen LogP contribution in [0.4, 0.5) is 8.78 Å². The summed E-state index contributed by atoms with van der Waals surface area (Å²) >= 11 is 6.07. The van der Waals surface area contributed by atoms with Crippen molar-refractivity contribution < 1.29 is 8.78 Å². The van der Waals surface area contributed by atoms with Gasteiger partial charge in [-0.3, -0.25) is 4.57 Å². The molecule has 5 rings (SSSR count). The van der Waals surface area contributed by atoms with Crippen molar-refractivity contribution in [1.29, 1.82) is 0 Å². The van der Waals surface area contributed by atoms with Crippen LogP contribution in [-0.4, -0.2) is 40.6 Å². The number of hydrogen-bond acceptors (Lipinski definition) is 3. The summed E-state index contributed by atoms with van der Waals surface area (Å²) in [7, 11) is 0. The van der Waals surface area contributed by atoms with Gasteiger partial charge in [-0.15, -0.1) is 0 Å². The van der Waals surface area contributed by atoms with Gasteiger partial charge in [-0.05, 0) is 85.9 Å². The third-order valence-corrected chi connectivity index (χ3v) is 7.24. The molecule has 188 valence electrons. The molecule has 3 aromatic carbocycles. The normalized spacial score (nSPS) is 15.2. The second kappa shape index (κ2) is 10.9. The number of benzene rings is 3. The average molecular weight is 511 g/mol. The summed E-state index contributed by atoms with van der Waals surface area (Å²) < 4.78 is 28.8. The molecule has 1 fully saturated rings. The molecule has 0 bridgehead atoms. The van der Waals surface area contributed by atoms with E-state index in [-0.39, 0.29) is 29.4 Å². The lowest BCUT2D eigenvalue weighted by atomic mass is 9.98. The first-order valence-electron chi connectivity index (χ1n) is 12.3. The lowest BCUT2D eigenvalue weighted by Crippen LogP contribution is -2.38. The Morgan fingerprint density at radius 2 is 1.56 bits per heavy atom. The molecule has 0 unspecified atom stereocenters. The molecule has 2 heterocycles. The van der Waals surface area contributed by atoms with Crippen molar-refractivity contribution in [3.05, 3.63) is 105 Å². The minimum Gasteiger partial charge on any atom is -0.306 e. The van der Waals surface area contributed by atoms with Gasteiger partial charge in [-0.2, -0.15) is 0 Å². The molecule has 0 atom stereocenters. The number of likely N-dealkylation sites (tertiary alicyclic amines) is 1. The molecule has 0 radical (unpaired) electrons. The Hall–Kier alpha value is -3.00. The van der Waals surface area contributed by atoms with E-state index in [1.807, 2.05) is 16.7 Å². The fourth-order valence-corrected chi connectivity index (χ4v) is 5.33. The molecular weight excluding hydrogens is 482 g/mol. The van der Waals surface area contributed by atoms with Gasteiger partial charge in [0.25, 0.3) is 0 Å². The van der Waals surface area contributed by atoms with Crippen molar-refractivity contribution in [2.24, 2.45) is 0 Å². The van der Waals surface area contributed by atoms with E-state index in [1.165, 1.54) is 24.3 Å². The van der Waals surface area contributed by atoms with Crippen LogP contribution >= 0.6 is 11.6 Å². The second-order valence-electron chi connectivity index (χ2n) is 9.38.